The first-order chi connectivity index (χ1) is 14.3. The normalized spacial score (nSPS) is 26.6. The number of carbonyl (C=O) groups excluding carboxylic acids is 1. The fourth-order valence-electron chi connectivity index (χ4n) is 5.39. The summed E-state index contributed by atoms with van der Waals surface area (Å²) in [4.78, 5) is 13.1. The molecule has 0 aromatic rings. The molecule has 0 aromatic heterocycles. The van der Waals surface area contributed by atoms with Gasteiger partial charge < -0.3 is 10.1 Å². The van der Waals surface area contributed by atoms with Crippen LogP contribution in [0.25, 0.3) is 0 Å². The van der Waals surface area contributed by atoms with E-state index in [9.17, 15) is 4.79 Å². The molecule has 1 N–H and O–H groups in total. The first-order valence-corrected chi connectivity index (χ1v) is 14.0. The van der Waals surface area contributed by atoms with E-state index < -0.39 is 0 Å². The third-order valence-electron chi connectivity index (χ3n) is 7.38. The van der Waals surface area contributed by atoms with Gasteiger partial charge in [0.05, 0.1) is 17.7 Å². The highest BCUT2D eigenvalue weighted by Gasteiger charge is 2.54. The van der Waals surface area contributed by atoms with Crippen molar-refractivity contribution in [3.63, 3.8) is 0 Å². The molecule has 2 rings (SSSR count). The van der Waals surface area contributed by atoms with Crippen LogP contribution < -0.4 is 5.32 Å². The third kappa shape index (κ3) is 9.20. The maximum Gasteiger partial charge on any atom is 0.221 e. The average molecular weight is 468 g/mol. The largest absolute Gasteiger partial charge is 0.373 e. The number of thioether (sulfide) groups is 1. The van der Waals surface area contributed by atoms with Crippen LogP contribution in [0.5, 0.6) is 0 Å². The van der Waals surface area contributed by atoms with Gasteiger partial charge in [-0.05, 0) is 106 Å². The Balaban J connectivity index is 1.80. The van der Waals surface area contributed by atoms with Gasteiger partial charge >= 0.3 is 0 Å². The Morgan fingerprint density at radius 1 is 0.844 bits per heavy atom. The molecule has 188 valence electrons. The van der Waals surface area contributed by atoms with Crippen LogP contribution in [-0.2, 0) is 9.53 Å². The standard InChI is InChI=1S/C28H53NO2S/c1-23(2,3)11-12-26(9,10)31-19-25(7,8)29-22(30)17-27-13-15-28(18-27,16-14-27)21-32-20-24(4,5)6/h11-21H2,1-10H3,(H,29,30). The van der Waals surface area contributed by atoms with Crippen molar-refractivity contribution in [3.8, 4) is 0 Å². The minimum absolute atomic E-state index is 0.171. The summed E-state index contributed by atoms with van der Waals surface area (Å²) in [6.45, 7) is 22.9. The highest BCUT2D eigenvalue weighted by molar-refractivity contribution is 7.99. The lowest BCUT2D eigenvalue weighted by Gasteiger charge is -2.35. The molecule has 2 aliphatic carbocycles. The van der Waals surface area contributed by atoms with Gasteiger partial charge in [-0.3, -0.25) is 4.79 Å². The van der Waals surface area contributed by atoms with E-state index in [1.54, 1.807) is 0 Å². The summed E-state index contributed by atoms with van der Waals surface area (Å²) >= 11 is 2.13. The molecule has 0 saturated heterocycles. The molecule has 32 heavy (non-hydrogen) atoms. The number of hydrogen-bond acceptors (Lipinski definition) is 3. The second kappa shape index (κ2) is 9.80. The molecule has 0 radical (unpaired) electrons. The number of carbonyl (C=O) groups is 1. The van der Waals surface area contributed by atoms with E-state index in [0.717, 1.165) is 12.8 Å². The Labute approximate surface area is 204 Å². The minimum Gasteiger partial charge on any atom is -0.373 e. The van der Waals surface area contributed by atoms with Crippen molar-refractivity contribution in [2.75, 3.05) is 18.1 Å². The summed E-state index contributed by atoms with van der Waals surface area (Å²) in [5, 5.41) is 3.31. The summed E-state index contributed by atoms with van der Waals surface area (Å²) in [5.41, 5.74) is 0.928. The van der Waals surface area contributed by atoms with Gasteiger partial charge in [0.25, 0.3) is 0 Å². The van der Waals surface area contributed by atoms with Gasteiger partial charge in [-0.15, -0.1) is 0 Å². The van der Waals surface area contributed by atoms with Crippen molar-refractivity contribution < 1.29 is 9.53 Å². The van der Waals surface area contributed by atoms with Gasteiger partial charge in [0.2, 0.25) is 5.91 Å². The van der Waals surface area contributed by atoms with Gasteiger partial charge in [0.15, 0.2) is 0 Å². The maximum absolute atomic E-state index is 13.1. The Kier molecular flexibility index (Phi) is 8.58. The van der Waals surface area contributed by atoms with Crippen molar-refractivity contribution in [1.82, 2.24) is 5.32 Å². The molecule has 0 unspecified atom stereocenters. The molecule has 4 heteroatoms. The van der Waals surface area contributed by atoms with Gasteiger partial charge in [-0.1, -0.05) is 41.5 Å². The first-order valence-electron chi connectivity index (χ1n) is 12.9. The Hall–Kier alpha value is -0.220. The molecule has 2 fully saturated rings. The lowest BCUT2D eigenvalue weighted by Crippen LogP contribution is -2.49. The summed E-state index contributed by atoms with van der Waals surface area (Å²) in [6, 6.07) is 0. The molecule has 2 saturated carbocycles. The molecule has 1 amide bonds. The summed E-state index contributed by atoms with van der Waals surface area (Å²) < 4.78 is 6.29. The molecule has 0 heterocycles. The fraction of sp³-hybridized carbons (Fsp3) is 0.964. The van der Waals surface area contributed by atoms with Crippen LogP contribution in [0.2, 0.25) is 0 Å². The van der Waals surface area contributed by atoms with E-state index in [4.69, 9.17) is 4.74 Å². The summed E-state index contributed by atoms with van der Waals surface area (Å²) in [7, 11) is 0. The number of hydrogen-bond donors (Lipinski definition) is 1. The summed E-state index contributed by atoms with van der Waals surface area (Å²) in [5.74, 6) is 2.71. The van der Waals surface area contributed by atoms with E-state index in [2.05, 4.69) is 86.3 Å². The van der Waals surface area contributed by atoms with E-state index in [1.807, 2.05) is 0 Å². The van der Waals surface area contributed by atoms with Crippen LogP contribution in [0.3, 0.4) is 0 Å². The highest BCUT2D eigenvalue weighted by atomic mass is 32.2. The van der Waals surface area contributed by atoms with Crippen molar-refractivity contribution in [1.29, 1.82) is 0 Å². The monoisotopic (exact) mass is 467 g/mol. The zero-order valence-corrected chi connectivity index (χ0v) is 23.8. The number of amides is 1. The fourth-order valence-corrected chi connectivity index (χ4v) is 6.93. The van der Waals surface area contributed by atoms with E-state index in [0.29, 0.717) is 29.3 Å². The lowest BCUT2D eigenvalue weighted by molar-refractivity contribution is -0.127. The van der Waals surface area contributed by atoms with Crippen molar-refractivity contribution >= 4 is 17.7 Å². The van der Waals surface area contributed by atoms with Gasteiger partial charge in [-0.2, -0.15) is 11.8 Å². The molecule has 3 nitrogen and oxygen atoms in total. The van der Waals surface area contributed by atoms with Crippen LogP contribution >= 0.6 is 11.8 Å². The van der Waals surface area contributed by atoms with Gasteiger partial charge in [-0.25, -0.2) is 0 Å². The van der Waals surface area contributed by atoms with E-state index in [-0.39, 0.29) is 22.5 Å². The molecular formula is C28H53NO2S. The molecule has 0 aromatic carbocycles. The quantitative estimate of drug-likeness (QED) is 0.339. The van der Waals surface area contributed by atoms with Crippen LogP contribution in [0, 0.1) is 21.7 Å². The van der Waals surface area contributed by atoms with Crippen LogP contribution in [0.4, 0.5) is 0 Å². The van der Waals surface area contributed by atoms with E-state index >= 15 is 0 Å². The first kappa shape index (κ1) is 28.0. The summed E-state index contributed by atoms with van der Waals surface area (Å²) in [6.07, 6.45) is 9.18. The third-order valence-corrected chi connectivity index (χ3v) is 9.27. The predicted molar refractivity (Wildman–Crippen MR) is 140 cm³/mol. The highest BCUT2D eigenvalue weighted by Crippen LogP contribution is 2.64. The zero-order valence-electron chi connectivity index (χ0n) is 23.0. The number of nitrogens with one attached hydrogen (secondary N) is 1. The van der Waals surface area contributed by atoms with Gasteiger partial charge in [0, 0.05) is 6.42 Å². The Morgan fingerprint density at radius 3 is 1.94 bits per heavy atom. The number of rotatable bonds is 11. The SMILES string of the molecule is CC(C)(C)CCC(C)(C)OCC(C)(C)NC(=O)CC12CCC(CSCC(C)(C)C)(CC1)C2. The van der Waals surface area contributed by atoms with Gasteiger partial charge in [0.1, 0.15) is 0 Å². The van der Waals surface area contributed by atoms with E-state index in [1.165, 1.54) is 43.6 Å². The average Bonchev–Trinajstić information content (AvgIpc) is 3.12. The zero-order chi connectivity index (χ0) is 24.5. The topological polar surface area (TPSA) is 38.3 Å². The molecule has 2 bridgehead atoms. The van der Waals surface area contributed by atoms with Crippen molar-refractivity contribution in [2.24, 2.45) is 21.7 Å². The van der Waals surface area contributed by atoms with Crippen LogP contribution in [0.1, 0.15) is 121 Å². The second-order valence-corrected chi connectivity index (χ2v) is 15.9. The molecule has 0 spiro atoms. The minimum atomic E-state index is -0.344. The second-order valence-electron chi connectivity index (χ2n) is 14.9. The molecule has 0 aliphatic heterocycles. The van der Waals surface area contributed by atoms with Crippen molar-refractivity contribution in [2.45, 2.75) is 132 Å². The predicted octanol–water partition coefficient (Wildman–Crippen LogP) is 7.62. The smallest absolute Gasteiger partial charge is 0.221 e. The Bertz CT molecular complexity index is 631. The molecule has 0 atom stereocenters. The molecular weight excluding hydrogens is 414 g/mol. The number of fused-ring (bicyclic) bond motifs is 2. The van der Waals surface area contributed by atoms with Crippen LogP contribution in [-0.4, -0.2) is 35.2 Å². The number of ether oxygens (including phenoxy) is 1. The van der Waals surface area contributed by atoms with Crippen LogP contribution in [0.15, 0.2) is 0 Å². The molecule has 2 aliphatic rings. The lowest BCUT2D eigenvalue weighted by atomic mass is 9.80. The maximum atomic E-state index is 13.1. The van der Waals surface area contributed by atoms with Crippen molar-refractivity contribution in [3.05, 3.63) is 0 Å². The Morgan fingerprint density at radius 2 is 1.41 bits per heavy atom.